The van der Waals surface area contributed by atoms with Crippen molar-refractivity contribution in [3.63, 3.8) is 0 Å². The van der Waals surface area contributed by atoms with Crippen LogP contribution in [0.15, 0.2) is 23.1 Å². The Balaban J connectivity index is 0.00000289. The van der Waals surface area contributed by atoms with E-state index in [0.29, 0.717) is 0 Å². The van der Waals surface area contributed by atoms with Crippen LogP contribution in [-0.2, 0) is 10.0 Å². The predicted molar refractivity (Wildman–Crippen MR) is 76.9 cm³/mol. The Morgan fingerprint density at radius 3 is 2.44 bits per heavy atom. The molecule has 1 aromatic carbocycles. The molecule has 0 heterocycles. The molecule has 0 saturated carbocycles. The van der Waals surface area contributed by atoms with Crippen molar-refractivity contribution in [1.82, 2.24) is 4.31 Å². The Labute approximate surface area is 120 Å². The van der Waals surface area contributed by atoms with Gasteiger partial charge in [0.25, 0.3) is 0 Å². The maximum Gasteiger partial charge on any atom is 0.244 e. The van der Waals surface area contributed by atoms with Gasteiger partial charge in [0.05, 0.1) is 5.02 Å². The van der Waals surface area contributed by atoms with Gasteiger partial charge in [0.15, 0.2) is 0 Å². The van der Waals surface area contributed by atoms with Crippen molar-refractivity contribution < 1.29 is 8.42 Å². The highest BCUT2D eigenvalue weighted by Gasteiger charge is 2.26. The average Bonchev–Trinajstić information content (AvgIpc) is 2.26. The van der Waals surface area contributed by atoms with Crippen molar-refractivity contribution in [2.24, 2.45) is 5.73 Å². The van der Waals surface area contributed by atoms with Crippen LogP contribution in [0.25, 0.3) is 0 Å². The normalized spacial score (nSPS) is 13.2. The summed E-state index contributed by atoms with van der Waals surface area (Å²) in [5.74, 6) is 0. The Kier molecular flexibility index (Phi) is 6.60. The molecule has 0 radical (unpaired) electrons. The second-order valence-electron chi connectivity index (χ2n) is 4.04. The fourth-order valence-corrected chi connectivity index (χ4v) is 3.30. The molecule has 0 bridgehead atoms. The Bertz CT molecular complexity index is 506. The van der Waals surface area contributed by atoms with Gasteiger partial charge < -0.3 is 5.73 Å². The van der Waals surface area contributed by atoms with Crippen LogP contribution in [0.2, 0.25) is 5.02 Å². The van der Waals surface area contributed by atoms with Crippen molar-refractivity contribution in [1.29, 1.82) is 0 Å². The third kappa shape index (κ3) is 3.59. The van der Waals surface area contributed by atoms with E-state index in [2.05, 4.69) is 0 Å². The standard InChI is InChI=1S/C11H17ClN2O2S.ClH/c1-8-4-5-11(10(12)6-8)17(15,16)14(3)9(2)7-13;/h4-6,9H,7,13H2,1-3H3;1H. The molecule has 0 spiro atoms. The van der Waals surface area contributed by atoms with Gasteiger partial charge in [-0.2, -0.15) is 4.31 Å². The summed E-state index contributed by atoms with van der Waals surface area (Å²) in [6.07, 6.45) is 0. The third-order valence-corrected chi connectivity index (χ3v) is 5.16. The van der Waals surface area contributed by atoms with Gasteiger partial charge in [0.2, 0.25) is 10.0 Å². The zero-order valence-electron chi connectivity index (χ0n) is 10.6. The SMILES string of the molecule is Cc1ccc(S(=O)(=O)N(C)C(C)CN)c(Cl)c1.Cl. The van der Waals surface area contributed by atoms with Crippen LogP contribution in [0.3, 0.4) is 0 Å². The molecule has 4 nitrogen and oxygen atoms in total. The second-order valence-corrected chi connectivity index (χ2v) is 6.41. The van der Waals surface area contributed by atoms with Crippen molar-refractivity contribution >= 4 is 34.0 Å². The topological polar surface area (TPSA) is 63.4 Å². The Morgan fingerprint density at radius 1 is 1.44 bits per heavy atom. The first-order chi connectivity index (χ1) is 7.80. The fraction of sp³-hybridized carbons (Fsp3) is 0.455. The van der Waals surface area contributed by atoms with Gasteiger partial charge in [-0.1, -0.05) is 17.7 Å². The van der Waals surface area contributed by atoms with Gasteiger partial charge in [-0.25, -0.2) is 8.42 Å². The number of nitrogens with zero attached hydrogens (tertiary/aromatic N) is 1. The van der Waals surface area contributed by atoms with E-state index < -0.39 is 10.0 Å². The summed E-state index contributed by atoms with van der Waals surface area (Å²) in [5.41, 5.74) is 6.39. The zero-order chi connectivity index (χ0) is 13.2. The molecule has 0 aliphatic rings. The number of rotatable bonds is 4. The van der Waals surface area contributed by atoms with Crippen LogP contribution < -0.4 is 5.73 Å². The lowest BCUT2D eigenvalue weighted by atomic mass is 10.2. The Hall–Kier alpha value is -0.330. The molecule has 0 aliphatic heterocycles. The summed E-state index contributed by atoms with van der Waals surface area (Å²) in [6.45, 7) is 3.87. The number of hydrogen-bond acceptors (Lipinski definition) is 3. The fourth-order valence-electron chi connectivity index (χ4n) is 1.36. The number of likely N-dealkylation sites (N-methyl/N-ethyl adjacent to an activating group) is 1. The minimum absolute atomic E-state index is 0. The average molecular weight is 313 g/mol. The van der Waals surface area contributed by atoms with Gasteiger partial charge in [0.1, 0.15) is 4.90 Å². The van der Waals surface area contributed by atoms with Crippen LogP contribution >= 0.6 is 24.0 Å². The molecule has 2 N–H and O–H groups in total. The summed E-state index contributed by atoms with van der Waals surface area (Å²) in [6, 6.07) is 4.61. The molecular weight excluding hydrogens is 295 g/mol. The van der Waals surface area contributed by atoms with E-state index in [1.165, 1.54) is 17.4 Å². The van der Waals surface area contributed by atoms with Crippen LogP contribution in [0.4, 0.5) is 0 Å². The van der Waals surface area contributed by atoms with Crippen molar-refractivity contribution in [3.8, 4) is 0 Å². The number of hydrogen-bond donors (Lipinski definition) is 1. The second kappa shape index (κ2) is 6.73. The smallest absolute Gasteiger partial charge is 0.244 e. The lowest BCUT2D eigenvalue weighted by molar-refractivity contribution is 0.394. The molecule has 0 saturated heterocycles. The number of sulfonamides is 1. The third-order valence-electron chi connectivity index (χ3n) is 2.71. The van der Waals surface area contributed by atoms with E-state index in [1.807, 2.05) is 6.92 Å². The largest absolute Gasteiger partial charge is 0.329 e. The first-order valence-electron chi connectivity index (χ1n) is 5.25. The van der Waals surface area contributed by atoms with Gasteiger partial charge in [0, 0.05) is 19.6 Å². The van der Waals surface area contributed by atoms with E-state index in [-0.39, 0.29) is 34.9 Å². The highest BCUT2D eigenvalue weighted by molar-refractivity contribution is 7.89. The van der Waals surface area contributed by atoms with Crippen molar-refractivity contribution in [2.45, 2.75) is 24.8 Å². The first kappa shape index (κ1) is 17.7. The van der Waals surface area contributed by atoms with Gasteiger partial charge >= 0.3 is 0 Å². The van der Waals surface area contributed by atoms with E-state index in [9.17, 15) is 8.42 Å². The lowest BCUT2D eigenvalue weighted by Crippen LogP contribution is -2.39. The number of benzene rings is 1. The molecule has 0 fully saturated rings. The molecule has 0 amide bonds. The van der Waals surface area contributed by atoms with Crippen molar-refractivity contribution in [2.75, 3.05) is 13.6 Å². The molecule has 1 unspecified atom stereocenters. The van der Waals surface area contributed by atoms with Crippen molar-refractivity contribution in [3.05, 3.63) is 28.8 Å². The monoisotopic (exact) mass is 312 g/mol. The minimum atomic E-state index is -3.58. The van der Waals surface area contributed by atoms with E-state index in [0.717, 1.165) is 5.56 Å². The summed E-state index contributed by atoms with van der Waals surface area (Å²) in [4.78, 5) is 0.118. The molecule has 7 heteroatoms. The van der Waals surface area contributed by atoms with Crippen LogP contribution in [0, 0.1) is 6.92 Å². The van der Waals surface area contributed by atoms with Crippen LogP contribution in [-0.4, -0.2) is 32.4 Å². The summed E-state index contributed by atoms with van der Waals surface area (Å²) >= 11 is 5.97. The molecule has 0 aliphatic carbocycles. The van der Waals surface area contributed by atoms with E-state index in [4.69, 9.17) is 17.3 Å². The molecule has 104 valence electrons. The Morgan fingerprint density at radius 2 is 2.00 bits per heavy atom. The summed E-state index contributed by atoms with van der Waals surface area (Å²) < 4.78 is 25.7. The highest BCUT2D eigenvalue weighted by Crippen LogP contribution is 2.25. The minimum Gasteiger partial charge on any atom is -0.329 e. The molecule has 0 aromatic heterocycles. The van der Waals surface area contributed by atoms with Gasteiger partial charge in [-0.3, -0.25) is 0 Å². The van der Waals surface area contributed by atoms with E-state index >= 15 is 0 Å². The van der Waals surface area contributed by atoms with Crippen LogP contribution in [0.1, 0.15) is 12.5 Å². The maximum absolute atomic E-state index is 12.3. The number of nitrogens with two attached hydrogens (primary N) is 1. The van der Waals surface area contributed by atoms with Gasteiger partial charge in [-0.05, 0) is 31.5 Å². The maximum atomic E-state index is 12.3. The lowest BCUT2D eigenvalue weighted by Gasteiger charge is -2.23. The zero-order valence-corrected chi connectivity index (χ0v) is 12.9. The predicted octanol–water partition coefficient (Wildman–Crippen LogP) is 2.04. The molecule has 1 atom stereocenters. The first-order valence-corrected chi connectivity index (χ1v) is 7.06. The highest BCUT2D eigenvalue weighted by atomic mass is 35.5. The molecular formula is C11H18Cl2N2O2S. The van der Waals surface area contributed by atoms with Crippen LogP contribution in [0.5, 0.6) is 0 Å². The van der Waals surface area contributed by atoms with E-state index in [1.54, 1.807) is 19.1 Å². The number of aryl methyl sites for hydroxylation is 1. The quantitative estimate of drug-likeness (QED) is 0.925. The summed E-state index contributed by atoms with van der Waals surface area (Å²) in [7, 11) is -2.07. The van der Waals surface area contributed by atoms with Gasteiger partial charge in [-0.15, -0.1) is 12.4 Å². The number of halogens is 2. The molecule has 1 rings (SSSR count). The molecule has 1 aromatic rings. The summed E-state index contributed by atoms with van der Waals surface area (Å²) in [5, 5.41) is 0.237. The molecule has 18 heavy (non-hydrogen) atoms.